The van der Waals surface area contributed by atoms with Crippen molar-refractivity contribution in [1.82, 2.24) is 15.0 Å². The summed E-state index contributed by atoms with van der Waals surface area (Å²) in [6.07, 6.45) is 3.68. The first-order valence-corrected chi connectivity index (χ1v) is 6.06. The summed E-state index contributed by atoms with van der Waals surface area (Å²) < 4.78 is 1.71. The highest BCUT2D eigenvalue weighted by atomic mass is 32.2. The van der Waals surface area contributed by atoms with E-state index in [1.165, 1.54) is 18.7 Å². The molecule has 0 bridgehead atoms. The summed E-state index contributed by atoms with van der Waals surface area (Å²) in [5.41, 5.74) is 0.387. The maximum Gasteiger partial charge on any atom is 0.186 e. The fraction of sp³-hybridized carbons (Fsp3) is 0.600. The molecular weight excluding hydrogens is 226 g/mol. The van der Waals surface area contributed by atoms with Gasteiger partial charge in [-0.05, 0) is 12.8 Å². The Morgan fingerprint density at radius 3 is 2.62 bits per heavy atom. The Hall–Kier alpha value is -1.17. The lowest BCUT2D eigenvalue weighted by atomic mass is 9.92. The minimum atomic E-state index is -0.0821. The van der Waals surface area contributed by atoms with Crippen LogP contribution in [0.4, 0.5) is 0 Å². The molecule has 16 heavy (non-hydrogen) atoms. The number of nitrogens with zero attached hydrogens (tertiary/aromatic N) is 3. The summed E-state index contributed by atoms with van der Waals surface area (Å²) in [5.74, 6) is -0.0821. The summed E-state index contributed by atoms with van der Waals surface area (Å²) in [7, 11) is 0. The first-order chi connectivity index (χ1) is 7.58. The average Bonchev–Trinajstić information content (AvgIpc) is 2.61. The number of hydrogen-bond acceptors (Lipinski definition) is 5. The second kappa shape index (κ2) is 4.37. The largest absolute Gasteiger partial charge is 0.293 e. The number of rotatable bonds is 3. The van der Waals surface area contributed by atoms with Crippen LogP contribution in [0.25, 0.3) is 0 Å². The molecule has 1 saturated carbocycles. The first kappa shape index (κ1) is 11.3. The van der Waals surface area contributed by atoms with Gasteiger partial charge in [0.1, 0.15) is 5.69 Å². The van der Waals surface area contributed by atoms with Crippen LogP contribution in [-0.4, -0.2) is 31.1 Å². The Balaban J connectivity index is 2.06. The Morgan fingerprint density at radius 2 is 2.19 bits per heavy atom. The van der Waals surface area contributed by atoms with E-state index in [1.54, 1.807) is 17.8 Å². The third-order valence-corrected chi connectivity index (χ3v) is 3.89. The van der Waals surface area contributed by atoms with Crippen LogP contribution in [0.1, 0.15) is 43.2 Å². The summed E-state index contributed by atoms with van der Waals surface area (Å²) >= 11 is 1.35. The maximum atomic E-state index is 11.1. The minimum Gasteiger partial charge on any atom is -0.293 e. The Labute approximate surface area is 97.6 Å². The highest BCUT2D eigenvalue weighted by Gasteiger charge is 2.34. The van der Waals surface area contributed by atoms with E-state index in [9.17, 15) is 9.59 Å². The van der Waals surface area contributed by atoms with Crippen LogP contribution in [0.3, 0.4) is 0 Å². The minimum absolute atomic E-state index is 0.0821. The zero-order valence-corrected chi connectivity index (χ0v) is 10.0. The highest BCUT2D eigenvalue weighted by Crippen LogP contribution is 2.40. The number of thioether (sulfide) groups is 1. The van der Waals surface area contributed by atoms with Crippen molar-refractivity contribution in [3.05, 3.63) is 11.9 Å². The van der Waals surface area contributed by atoms with Gasteiger partial charge in [-0.3, -0.25) is 9.59 Å². The van der Waals surface area contributed by atoms with Crippen molar-refractivity contribution in [2.45, 2.75) is 38.0 Å². The lowest BCUT2D eigenvalue weighted by Crippen LogP contribution is -2.32. The van der Waals surface area contributed by atoms with Gasteiger partial charge in [0, 0.05) is 19.1 Å². The third-order valence-electron chi connectivity index (χ3n) is 2.70. The molecule has 2 rings (SSSR count). The van der Waals surface area contributed by atoms with Crippen molar-refractivity contribution >= 4 is 22.7 Å². The van der Waals surface area contributed by atoms with Crippen LogP contribution < -0.4 is 0 Å². The first-order valence-electron chi connectivity index (χ1n) is 5.18. The lowest BCUT2D eigenvalue weighted by Gasteiger charge is -2.34. The molecule has 2 unspecified atom stereocenters. The number of carbonyl (C=O) groups is 2. The molecule has 1 aliphatic carbocycles. The Morgan fingerprint density at radius 1 is 1.44 bits per heavy atom. The molecular formula is C10H13N3O2S. The molecule has 0 saturated heterocycles. The number of aromatic nitrogens is 3. The molecule has 0 radical (unpaired) electrons. The molecule has 1 heterocycles. The second-order valence-electron chi connectivity index (χ2n) is 3.93. The van der Waals surface area contributed by atoms with E-state index in [0.717, 1.165) is 12.8 Å². The average molecular weight is 239 g/mol. The monoisotopic (exact) mass is 239 g/mol. The molecule has 1 aliphatic rings. The predicted octanol–water partition coefficient (Wildman–Crippen LogP) is 1.46. The second-order valence-corrected chi connectivity index (χ2v) is 5.35. The fourth-order valence-electron chi connectivity index (χ4n) is 1.71. The van der Waals surface area contributed by atoms with Crippen LogP contribution in [0.2, 0.25) is 0 Å². The number of ketones is 1. The van der Waals surface area contributed by atoms with Gasteiger partial charge in [-0.25, -0.2) is 4.68 Å². The Bertz CT molecular complexity index is 429. The van der Waals surface area contributed by atoms with Crippen LogP contribution in [0.15, 0.2) is 6.20 Å². The summed E-state index contributed by atoms with van der Waals surface area (Å²) in [5, 5.41) is 8.14. The van der Waals surface area contributed by atoms with Crippen molar-refractivity contribution in [1.29, 1.82) is 0 Å². The van der Waals surface area contributed by atoms with Gasteiger partial charge in [0.05, 0.1) is 12.2 Å². The standard InChI is InChI=1S/C10H13N3O2S/c1-6(14)8-5-13(12-11-8)9-3-4-10(9)16-7(2)15/h5,9-10H,3-4H2,1-2H3. The summed E-state index contributed by atoms with van der Waals surface area (Å²) in [6, 6.07) is 0.203. The molecule has 0 amide bonds. The summed E-state index contributed by atoms with van der Waals surface area (Å²) in [6.45, 7) is 3.04. The molecule has 5 nitrogen and oxygen atoms in total. The molecule has 0 aromatic carbocycles. The van der Waals surface area contributed by atoms with Gasteiger partial charge in [0.15, 0.2) is 10.9 Å². The van der Waals surface area contributed by atoms with Crippen LogP contribution in [-0.2, 0) is 4.79 Å². The molecule has 1 aromatic rings. The van der Waals surface area contributed by atoms with Gasteiger partial charge in [0.2, 0.25) is 0 Å². The van der Waals surface area contributed by atoms with Gasteiger partial charge in [-0.1, -0.05) is 17.0 Å². The number of carbonyl (C=O) groups excluding carboxylic acids is 2. The quantitative estimate of drug-likeness (QED) is 0.747. The van der Waals surface area contributed by atoms with Crippen molar-refractivity contribution < 1.29 is 9.59 Å². The fourth-order valence-corrected chi connectivity index (χ4v) is 2.80. The maximum absolute atomic E-state index is 11.1. The van der Waals surface area contributed by atoms with Gasteiger partial charge in [-0.15, -0.1) is 5.10 Å². The topological polar surface area (TPSA) is 64.8 Å². The lowest BCUT2D eigenvalue weighted by molar-refractivity contribution is -0.109. The van der Waals surface area contributed by atoms with Crippen molar-refractivity contribution in [3.63, 3.8) is 0 Å². The molecule has 86 valence electrons. The smallest absolute Gasteiger partial charge is 0.186 e. The molecule has 1 aromatic heterocycles. The summed E-state index contributed by atoms with van der Waals surface area (Å²) in [4.78, 5) is 22.1. The van der Waals surface area contributed by atoms with Crippen LogP contribution >= 0.6 is 11.8 Å². The van der Waals surface area contributed by atoms with E-state index in [1.807, 2.05) is 0 Å². The number of Topliss-reactive ketones (excluding diaryl/α,β-unsaturated/α-hetero) is 1. The van der Waals surface area contributed by atoms with Crippen molar-refractivity contribution in [2.24, 2.45) is 0 Å². The van der Waals surface area contributed by atoms with E-state index < -0.39 is 0 Å². The van der Waals surface area contributed by atoms with Crippen LogP contribution in [0, 0.1) is 0 Å². The van der Waals surface area contributed by atoms with E-state index in [0.29, 0.717) is 5.69 Å². The SMILES string of the molecule is CC(=O)SC1CCC1n1cc(C(C)=O)nn1. The van der Waals surface area contributed by atoms with E-state index in [2.05, 4.69) is 10.3 Å². The third kappa shape index (κ3) is 2.16. The predicted molar refractivity (Wildman–Crippen MR) is 60.4 cm³/mol. The molecule has 0 spiro atoms. The van der Waals surface area contributed by atoms with E-state index >= 15 is 0 Å². The van der Waals surface area contributed by atoms with E-state index in [4.69, 9.17) is 0 Å². The van der Waals surface area contributed by atoms with Crippen LogP contribution in [0.5, 0.6) is 0 Å². The molecule has 1 fully saturated rings. The van der Waals surface area contributed by atoms with E-state index in [-0.39, 0.29) is 22.2 Å². The van der Waals surface area contributed by atoms with Crippen molar-refractivity contribution in [3.8, 4) is 0 Å². The van der Waals surface area contributed by atoms with Gasteiger partial charge >= 0.3 is 0 Å². The number of hydrogen-bond donors (Lipinski definition) is 0. The van der Waals surface area contributed by atoms with Gasteiger partial charge in [0.25, 0.3) is 0 Å². The highest BCUT2D eigenvalue weighted by molar-refractivity contribution is 8.14. The normalized spacial score (nSPS) is 23.9. The molecule has 0 aliphatic heterocycles. The molecule has 0 N–H and O–H groups in total. The zero-order valence-electron chi connectivity index (χ0n) is 9.21. The van der Waals surface area contributed by atoms with Gasteiger partial charge < -0.3 is 0 Å². The Kier molecular flexibility index (Phi) is 3.09. The van der Waals surface area contributed by atoms with Gasteiger partial charge in [-0.2, -0.15) is 0 Å². The molecule has 2 atom stereocenters. The zero-order chi connectivity index (χ0) is 11.7. The van der Waals surface area contributed by atoms with Crippen molar-refractivity contribution in [2.75, 3.05) is 0 Å². The molecule has 6 heteroatoms.